The molecule has 4 nitrogen and oxygen atoms in total. The summed E-state index contributed by atoms with van der Waals surface area (Å²) < 4.78 is 1.88. The molecule has 1 aliphatic heterocycles. The van der Waals surface area contributed by atoms with Crippen molar-refractivity contribution in [2.75, 3.05) is 23.3 Å². The minimum Gasteiger partial charge on any atom is -0.378 e. The van der Waals surface area contributed by atoms with Crippen LogP contribution in [0.25, 0.3) is 0 Å². The van der Waals surface area contributed by atoms with Crippen molar-refractivity contribution in [1.82, 2.24) is 9.78 Å². The van der Waals surface area contributed by atoms with Crippen LogP contribution in [0.1, 0.15) is 30.5 Å². The van der Waals surface area contributed by atoms with E-state index >= 15 is 0 Å². The average Bonchev–Trinajstić information content (AvgIpc) is 2.84. The average molecular weight is 284 g/mol. The molecule has 0 bridgehead atoms. The summed E-state index contributed by atoms with van der Waals surface area (Å²) >= 11 is 0. The second kappa shape index (κ2) is 6.20. The SMILES string of the molecule is Cc1cn(C)nc1CNc1ccccc1N1CCCCC1. The fourth-order valence-corrected chi connectivity index (χ4v) is 3.04. The Morgan fingerprint density at radius 3 is 2.62 bits per heavy atom. The smallest absolute Gasteiger partial charge is 0.0844 e. The van der Waals surface area contributed by atoms with Gasteiger partial charge < -0.3 is 10.2 Å². The standard InChI is InChI=1S/C17H24N4/c1-14-13-20(2)19-16(14)12-18-15-8-4-5-9-17(15)21-10-6-3-7-11-21/h4-5,8-9,13,18H,3,6-7,10-12H2,1-2H3. The molecule has 0 aliphatic carbocycles. The van der Waals surface area contributed by atoms with Gasteiger partial charge in [-0.2, -0.15) is 5.10 Å². The van der Waals surface area contributed by atoms with Crippen molar-refractivity contribution in [1.29, 1.82) is 0 Å². The highest BCUT2D eigenvalue weighted by atomic mass is 15.3. The van der Waals surface area contributed by atoms with Gasteiger partial charge in [-0.3, -0.25) is 4.68 Å². The van der Waals surface area contributed by atoms with Crippen LogP contribution in [0.4, 0.5) is 11.4 Å². The molecule has 0 amide bonds. The molecule has 1 aliphatic rings. The van der Waals surface area contributed by atoms with Gasteiger partial charge in [0.2, 0.25) is 0 Å². The molecule has 2 aromatic rings. The lowest BCUT2D eigenvalue weighted by Crippen LogP contribution is -2.30. The first-order chi connectivity index (χ1) is 10.2. The fraction of sp³-hybridized carbons (Fsp3) is 0.471. The first-order valence-corrected chi connectivity index (χ1v) is 7.81. The minimum absolute atomic E-state index is 0.775. The summed E-state index contributed by atoms with van der Waals surface area (Å²) in [5, 5.41) is 8.07. The number of piperidine rings is 1. The predicted molar refractivity (Wildman–Crippen MR) is 87.8 cm³/mol. The van der Waals surface area contributed by atoms with E-state index in [-0.39, 0.29) is 0 Å². The van der Waals surface area contributed by atoms with E-state index in [1.54, 1.807) is 0 Å². The Balaban J connectivity index is 1.74. The maximum absolute atomic E-state index is 4.51. The third-order valence-electron chi connectivity index (χ3n) is 4.16. The number of anilines is 2. The second-order valence-corrected chi connectivity index (χ2v) is 5.85. The Hall–Kier alpha value is -1.97. The summed E-state index contributed by atoms with van der Waals surface area (Å²) in [7, 11) is 1.97. The van der Waals surface area contributed by atoms with E-state index in [9.17, 15) is 0 Å². The highest BCUT2D eigenvalue weighted by Crippen LogP contribution is 2.28. The third kappa shape index (κ3) is 3.20. The quantitative estimate of drug-likeness (QED) is 0.935. The van der Waals surface area contributed by atoms with Crippen LogP contribution in [-0.4, -0.2) is 22.9 Å². The number of benzene rings is 1. The van der Waals surface area contributed by atoms with Gasteiger partial charge in [0.05, 0.1) is 23.6 Å². The van der Waals surface area contributed by atoms with Gasteiger partial charge in [-0.05, 0) is 43.9 Å². The Labute approximate surface area is 126 Å². The van der Waals surface area contributed by atoms with Crippen LogP contribution in [0.5, 0.6) is 0 Å². The van der Waals surface area contributed by atoms with E-state index < -0.39 is 0 Å². The summed E-state index contributed by atoms with van der Waals surface area (Å²) in [4.78, 5) is 2.50. The van der Waals surface area contributed by atoms with E-state index in [1.165, 1.54) is 49.3 Å². The van der Waals surface area contributed by atoms with Crippen LogP contribution in [0.2, 0.25) is 0 Å². The van der Waals surface area contributed by atoms with E-state index in [4.69, 9.17) is 0 Å². The minimum atomic E-state index is 0.775. The topological polar surface area (TPSA) is 33.1 Å². The molecule has 1 aromatic carbocycles. The van der Waals surface area contributed by atoms with Crippen molar-refractivity contribution in [2.45, 2.75) is 32.7 Å². The molecular weight excluding hydrogens is 260 g/mol. The molecule has 1 N–H and O–H groups in total. The molecule has 1 aromatic heterocycles. The van der Waals surface area contributed by atoms with E-state index in [2.05, 4.69) is 52.7 Å². The first-order valence-electron chi connectivity index (χ1n) is 7.81. The van der Waals surface area contributed by atoms with Gasteiger partial charge in [0.1, 0.15) is 0 Å². The number of para-hydroxylation sites is 2. The number of aryl methyl sites for hydroxylation is 2. The molecule has 0 radical (unpaired) electrons. The molecule has 0 saturated carbocycles. The van der Waals surface area contributed by atoms with Gasteiger partial charge in [-0.25, -0.2) is 0 Å². The Bertz CT molecular complexity index is 597. The molecule has 1 fully saturated rings. The lowest BCUT2D eigenvalue weighted by molar-refractivity contribution is 0.578. The van der Waals surface area contributed by atoms with Crippen LogP contribution in [0.3, 0.4) is 0 Å². The van der Waals surface area contributed by atoms with Crippen molar-refractivity contribution in [3.8, 4) is 0 Å². The maximum atomic E-state index is 4.51. The summed E-state index contributed by atoms with van der Waals surface area (Å²) in [6, 6.07) is 8.61. The first kappa shape index (κ1) is 14.0. The molecule has 2 heterocycles. The summed E-state index contributed by atoms with van der Waals surface area (Å²) in [6.45, 7) is 5.22. The lowest BCUT2D eigenvalue weighted by atomic mass is 10.1. The molecule has 1 saturated heterocycles. The zero-order chi connectivity index (χ0) is 14.7. The molecular formula is C17H24N4. The number of aromatic nitrogens is 2. The zero-order valence-electron chi connectivity index (χ0n) is 13.0. The van der Waals surface area contributed by atoms with Crippen molar-refractivity contribution in [2.24, 2.45) is 7.05 Å². The molecule has 0 spiro atoms. The summed E-state index contributed by atoms with van der Waals surface area (Å²) in [5.74, 6) is 0. The monoisotopic (exact) mass is 284 g/mol. The van der Waals surface area contributed by atoms with Gasteiger partial charge >= 0.3 is 0 Å². The van der Waals surface area contributed by atoms with Gasteiger partial charge in [0.25, 0.3) is 0 Å². The van der Waals surface area contributed by atoms with Gasteiger partial charge in [-0.15, -0.1) is 0 Å². The number of hydrogen-bond acceptors (Lipinski definition) is 3. The Kier molecular flexibility index (Phi) is 4.13. The maximum Gasteiger partial charge on any atom is 0.0844 e. The van der Waals surface area contributed by atoms with Crippen LogP contribution in [0, 0.1) is 6.92 Å². The van der Waals surface area contributed by atoms with Crippen LogP contribution < -0.4 is 10.2 Å². The largest absolute Gasteiger partial charge is 0.378 e. The normalized spacial score (nSPS) is 15.2. The Morgan fingerprint density at radius 1 is 1.14 bits per heavy atom. The highest BCUT2D eigenvalue weighted by Gasteiger charge is 2.14. The molecule has 112 valence electrons. The van der Waals surface area contributed by atoms with Crippen molar-refractivity contribution in [3.05, 3.63) is 41.7 Å². The molecule has 3 rings (SSSR count). The number of rotatable bonds is 4. The lowest BCUT2D eigenvalue weighted by Gasteiger charge is -2.30. The number of nitrogens with one attached hydrogen (secondary N) is 1. The molecule has 0 unspecified atom stereocenters. The number of nitrogens with zero attached hydrogens (tertiary/aromatic N) is 3. The number of hydrogen-bond donors (Lipinski definition) is 1. The zero-order valence-corrected chi connectivity index (χ0v) is 13.0. The van der Waals surface area contributed by atoms with Crippen molar-refractivity contribution in [3.63, 3.8) is 0 Å². The highest BCUT2D eigenvalue weighted by molar-refractivity contribution is 5.70. The molecule has 4 heteroatoms. The van der Waals surface area contributed by atoms with Crippen molar-refractivity contribution < 1.29 is 0 Å². The Morgan fingerprint density at radius 2 is 1.90 bits per heavy atom. The van der Waals surface area contributed by atoms with E-state index in [0.29, 0.717) is 0 Å². The van der Waals surface area contributed by atoms with E-state index in [0.717, 1.165) is 12.2 Å². The van der Waals surface area contributed by atoms with Gasteiger partial charge in [-0.1, -0.05) is 12.1 Å². The summed E-state index contributed by atoms with van der Waals surface area (Å²) in [5.41, 5.74) is 4.89. The third-order valence-corrected chi connectivity index (χ3v) is 4.16. The van der Waals surface area contributed by atoms with Gasteiger partial charge in [0.15, 0.2) is 0 Å². The molecule has 0 atom stereocenters. The predicted octanol–water partition coefficient (Wildman–Crippen LogP) is 3.33. The van der Waals surface area contributed by atoms with E-state index in [1.807, 2.05) is 11.7 Å². The fourth-order valence-electron chi connectivity index (χ4n) is 3.04. The molecule has 21 heavy (non-hydrogen) atoms. The summed E-state index contributed by atoms with van der Waals surface area (Å²) in [6.07, 6.45) is 6.02. The van der Waals surface area contributed by atoms with Crippen LogP contribution >= 0.6 is 0 Å². The van der Waals surface area contributed by atoms with Crippen LogP contribution in [-0.2, 0) is 13.6 Å². The van der Waals surface area contributed by atoms with Gasteiger partial charge in [0, 0.05) is 26.3 Å². The van der Waals surface area contributed by atoms with Crippen LogP contribution in [0.15, 0.2) is 30.5 Å². The second-order valence-electron chi connectivity index (χ2n) is 5.85. The van der Waals surface area contributed by atoms with Crippen molar-refractivity contribution >= 4 is 11.4 Å².